The molecule has 23 heavy (non-hydrogen) atoms. The van der Waals surface area contributed by atoms with Crippen molar-refractivity contribution >= 4 is 6.03 Å². The molecule has 2 aliphatic rings. The third kappa shape index (κ3) is 4.02. The standard InChI is InChI=1S/C18H24N4O/c19-12-15-5-3-6-16(11-15)13-20-18(23)22-10-4-7-17(22)14-21-8-1-2-9-21/h3,5-6,11,17H,1-2,4,7-10,13-14H2,(H,20,23)/t17-/m0/s1. The molecule has 1 atom stereocenters. The summed E-state index contributed by atoms with van der Waals surface area (Å²) < 4.78 is 0. The quantitative estimate of drug-likeness (QED) is 0.928. The van der Waals surface area contributed by atoms with Gasteiger partial charge >= 0.3 is 6.03 Å². The minimum atomic E-state index is 0.0223. The molecule has 0 radical (unpaired) electrons. The first-order chi connectivity index (χ1) is 11.3. The van der Waals surface area contributed by atoms with Crippen LogP contribution in [0.4, 0.5) is 4.79 Å². The van der Waals surface area contributed by atoms with E-state index in [-0.39, 0.29) is 6.03 Å². The lowest BCUT2D eigenvalue weighted by Crippen LogP contribution is -2.46. The highest BCUT2D eigenvalue weighted by Crippen LogP contribution is 2.20. The summed E-state index contributed by atoms with van der Waals surface area (Å²) in [5.41, 5.74) is 1.59. The Labute approximate surface area is 137 Å². The van der Waals surface area contributed by atoms with E-state index in [1.54, 1.807) is 6.07 Å². The average molecular weight is 312 g/mol. The van der Waals surface area contributed by atoms with Crippen LogP contribution in [0.1, 0.15) is 36.8 Å². The highest BCUT2D eigenvalue weighted by atomic mass is 16.2. The molecule has 0 unspecified atom stereocenters. The summed E-state index contributed by atoms with van der Waals surface area (Å²) in [5.74, 6) is 0. The predicted octanol–water partition coefficient (Wildman–Crippen LogP) is 2.33. The van der Waals surface area contributed by atoms with E-state index in [1.165, 1.54) is 25.9 Å². The van der Waals surface area contributed by atoms with E-state index in [1.807, 2.05) is 23.1 Å². The fourth-order valence-electron chi connectivity index (χ4n) is 3.59. The zero-order chi connectivity index (χ0) is 16.1. The summed E-state index contributed by atoms with van der Waals surface area (Å²) in [4.78, 5) is 17.0. The van der Waals surface area contributed by atoms with E-state index in [0.29, 0.717) is 18.2 Å². The zero-order valence-electron chi connectivity index (χ0n) is 13.5. The molecular weight excluding hydrogens is 288 g/mol. The van der Waals surface area contributed by atoms with Crippen molar-refractivity contribution < 1.29 is 4.79 Å². The first kappa shape index (κ1) is 15.8. The van der Waals surface area contributed by atoms with Crippen LogP contribution < -0.4 is 5.32 Å². The van der Waals surface area contributed by atoms with Crippen LogP contribution in [0.25, 0.3) is 0 Å². The molecule has 5 nitrogen and oxygen atoms in total. The largest absolute Gasteiger partial charge is 0.334 e. The number of benzene rings is 1. The van der Waals surface area contributed by atoms with Crippen molar-refractivity contribution in [3.05, 3.63) is 35.4 Å². The summed E-state index contributed by atoms with van der Waals surface area (Å²) in [5, 5.41) is 11.9. The number of hydrogen-bond acceptors (Lipinski definition) is 3. The summed E-state index contributed by atoms with van der Waals surface area (Å²) in [6, 6.07) is 9.89. The number of nitrogens with one attached hydrogen (secondary N) is 1. The van der Waals surface area contributed by atoms with Crippen LogP contribution in [0.15, 0.2) is 24.3 Å². The maximum Gasteiger partial charge on any atom is 0.317 e. The lowest BCUT2D eigenvalue weighted by molar-refractivity contribution is 0.174. The maximum absolute atomic E-state index is 12.5. The van der Waals surface area contributed by atoms with E-state index in [0.717, 1.165) is 31.5 Å². The second kappa shape index (κ2) is 7.47. The van der Waals surface area contributed by atoms with Gasteiger partial charge in [-0.05, 0) is 56.5 Å². The van der Waals surface area contributed by atoms with Gasteiger partial charge in [0.25, 0.3) is 0 Å². The Balaban J connectivity index is 1.53. The molecule has 2 amide bonds. The third-order valence-electron chi connectivity index (χ3n) is 4.81. The van der Waals surface area contributed by atoms with Crippen molar-refractivity contribution in [2.45, 2.75) is 38.3 Å². The van der Waals surface area contributed by atoms with Crippen molar-refractivity contribution in [2.75, 3.05) is 26.2 Å². The van der Waals surface area contributed by atoms with Gasteiger partial charge in [-0.3, -0.25) is 0 Å². The van der Waals surface area contributed by atoms with Gasteiger partial charge in [0.1, 0.15) is 0 Å². The average Bonchev–Trinajstić information content (AvgIpc) is 3.25. The highest BCUT2D eigenvalue weighted by molar-refractivity contribution is 5.74. The predicted molar refractivity (Wildman–Crippen MR) is 88.8 cm³/mol. The van der Waals surface area contributed by atoms with Crippen molar-refractivity contribution in [3.8, 4) is 6.07 Å². The molecule has 2 fully saturated rings. The molecule has 122 valence electrons. The Morgan fingerprint density at radius 2 is 2.09 bits per heavy atom. The van der Waals surface area contributed by atoms with Gasteiger partial charge in [-0.15, -0.1) is 0 Å². The van der Waals surface area contributed by atoms with Crippen molar-refractivity contribution in [3.63, 3.8) is 0 Å². The highest BCUT2D eigenvalue weighted by Gasteiger charge is 2.30. The topological polar surface area (TPSA) is 59.4 Å². The molecule has 0 aromatic heterocycles. The Kier molecular flexibility index (Phi) is 5.14. The second-order valence-corrected chi connectivity index (χ2v) is 6.47. The number of rotatable bonds is 4. The van der Waals surface area contributed by atoms with Gasteiger partial charge in [0.2, 0.25) is 0 Å². The Morgan fingerprint density at radius 1 is 1.26 bits per heavy atom. The van der Waals surface area contributed by atoms with Crippen LogP contribution in [0.3, 0.4) is 0 Å². The fraction of sp³-hybridized carbons (Fsp3) is 0.556. The molecular formula is C18H24N4O. The van der Waals surface area contributed by atoms with Gasteiger partial charge in [-0.2, -0.15) is 5.26 Å². The Morgan fingerprint density at radius 3 is 2.87 bits per heavy atom. The van der Waals surface area contributed by atoms with Gasteiger partial charge in [0, 0.05) is 25.7 Å². The molecule has 1 aromatic carbocycles. The Bertz CT molecular complexity index is 589. The smallest absolute Gasteiger partial charge is 0.317 e. The van der Waals surface area contributed by atoms with Gasteiger partial charge in [0.05, 0.1) is 11.6 Å². The monoisotopic (exact) mass is 312 g/mol. The molecule has 1 N–H and O–H groups in total. The van der Waals surface area contributed by atoms with Gasteiger partial charge in [-0.1, -0.05) is 12.1 Å². The zero-order valence-corrected chi connectivity index (χ0v) is 13.5. The molecule has 2 aliphatic heterocycles. The molecule has 3 rings (SSSR count). The van der Waals surface area contributed by atoms with E-state index in [2.05, 4.69) is 16.3 Å². The van der Waals surface area contributed by atoms with Crippen LogP contribution in [0.5, 0.6) is 0 Å². The third-order valence-corrected chi connectivity index (χ3v) is 4.81. The van der Waals surface area contributed by atoms with Crippen molar-refractivity contribution in [1.82, 2.24) is 15.1 Å². The molecule has 0 saturated carbocycles. The molecule has 1 aromatic rings. The van der Waals surface area contributed by atoms with Crippen LogP contribution in [0.2, 0.25) is 0 Å². The normalized spacial score (nSPS) is 21.3. The van der Waals surface area contributed by atoms with E-state index in [9.17, 15) is 4.79 Å². The first-order valence-electron chi connectivity index (χ1n) is 8.52. The van der Waals surface area contributed by atoms with Crippen LogP contribution >= 0.6 is 0 Å². The number of likely N-dealkylation sites (tertiary alicyclic amines) is 2. The summed E-state index contributed by atoms with van der Waals surface area (Å²) in [6.07, 6.45) is 4.77. The minimum Gasteiger partial charge on any atom is -0.334 e. The minimum absolute atomic E-state index is 0.0223. The van der Waals surface area contributed by atoms with Crippen molar-refractivity contribution in [1.29, 1.82) is 5.26 Å². The fourth-order valence-corrected chi connectivity index (χ4v) is 3.59. The molecule has 0 aliphatic carbocycles. The number of carbonyl (C=O) groups excluding carboxylic acids is 1. The molecule has 2 saturated heterocycles. The molecule has 5 heteroatoms. The van der Waals surface area contributed by atoms with E-state index < -0.39 is 0 Å². The van der Waals surface area contributed by atoms with Crippen LogP contribution in [-0.2, 0) is 6.54 Å². The maximum atomic E-state index is 12.5. The number of hydrogen-bond donors (Lipinski definition) is 1. The van der Waals surface area contributed by atoms with Crippen LogP contribution in [-0.4, -0.2) is 48.1 Å². The summed E-state index contributed by atoms with van der Waals surface area (Å²) in [6.45, 7) is 4.68. The molecule has 2 heterocycles. The lowest BCUT2D eigenvalue weighted by atomic mass is 10.1. The molecule has 0 bridgehead atoms. The number of nitriles is 1. The van der Waals surface area contributed by atoms with Gasteiger partial charge < -0.3 is 15.1 Å². The van der Waals surface area contributed by atoms with Gasteiger partial charge in [-0.25, -0.2) is 4.79 Å². The van der Waals surface area contributed by atoms with Crippen molar-refractivity contribution in [2.24, 2.45) is 0 Å². The summed E-state index contributed by atoms with van der Waals surface area (Å²) in [7, 11) is 0. The Hall–Kier alpha value is -2.06. The first-order valence-corrected chi connectivity index (χ1v) is 8.52. The number of amides is 2. The van der Waals surface area contributed by atoms with Crippen LogP contribution in [0, 0.1) is 11.3 Å². The number of nitrogens with zero attached hydrogens (tertiary/aromatic N) is 3. The molecule has 0 spiro atoms. The second-order valence-electron chi connectivity index (χ2n) is 6.47. The SMILES string of the molecule is N#Cc1cccc(CNC(=O)N2CCC[C@H]2CN2CCCC2)c1. The van der Waals surface area contributed by atoms with E-state index >= 15 is 0 Å². The number of carbonyl (C=O) groups is 1. The lowest BCUT2D eigenvalue weighted by Gasteiger charge is -2.28. The van der Waals surface area contributed by atoms with E-state index in [4.69, 9.17) is 5.26 Å². The summed E-state index contributed by atoms with van der Waals surface area (Å²) >= 11 is 0. The van der Waals surface area contributed by atoms with Gasteiger partial charge in [0.15, 0.2) is 0 Å². The number of urea groups is 1.